The van der Waals surface area contributed by atoms with E-state index in [0.717, 1.165) is 17.7 Å². The molecule has 0 saturated heterocycles. The van der Waals surface area contributed by atoms with Crippen molar-refractivity contribution < 1.29 is 23.2 Å². The predicted molar refractivity (Wildman–Crippen MR) is 111 cm³/mol. The smallest absolute Gasteiger partial charge is 0.254 e. The number of primary amides is 1. The third-order valence-electron chi connectivity index (χ3n) is 5.17. The molecule has 3 aromatic rings. The molecule has 0 saturated carbocycles. The highest BCUT2D eigenvalue weighted by molar-refractivity contribution is 5.98. The average molecular weight is 444 g/mol. The number of fused-ring (bicyclic) bond motifs is 1. The molecule has 2 heterocycles. The molecule has 11 heteroatoms. The van der Waals surface area contributed by atoms with Gasteiger partial charge in [-0.25, -0.2) is 18.3 Å². The van der Waals surface area contributed by atoms with Gasteiger partial charge in [0.05, 0.1) is 6.20 Å². The first-order chi connectivity index (χ1) is 15.1. The summed E-state index contributed by atoms with van der Waals surface area (Å²) in [5.74, 6) is -3.86. The Bertz CT molecular complexity index is 1220. The third-order valence-corrected chi connectivity index (χ3v) is 5.17. The molecular formula is C21H22F2N6O3. The molecular weight excluding hydrogens is 422 g/mol. The van der Waals surface area contributed by atoms with Gasteiger partial charge in [0.25, 0.3) is 5.91 Å². The summed E-state index contributed by atoms with van der Waals surface area (Å²) in [6.07, 6.45) is 1.61. The molecule has 168 valence electrons. The van der Waals surface area contributed by atoms with Gasteiger partial charge in [0.1, 0.15) is 11.6 Å². The molecule has 1 atom stereocenters. The molecule has 32 heavy (non-hydrogen) atoms. The van der Waals surface area contributed by atoms with E-state index in [4.69, 9.17) is 5.73 Å². The van der Waals surface area contributed by atoms with Crippen LogP contribution >= 0.6 is 0 Å². The zero-order valence-electron chi connectivity index (χ0n) is 17.7. The number of carbonyl (C=O) groups is 3. The van der Waals surface area contributed by atoms with Crippen LogP contribution in [0.5, 0.6) is 0 Å². The Balaban J connectivity index is 1.79. The van der Waals surface area contributed by atoms with Crippen LogP contribution in [0.4, 0.5) is 8.78 Å². The number of aryl methyl sites for hydroxylation is 2. The van der Waals surface area contributed by atoms with Gasteiger partial charge in [-0.1, -0.05) is 6.07 Å². The summed E-state index contributed by atoms with van der Waals surface area (Å²) in [6.45, 7) is 3.52. The predicted octanol–water partition coefficient (Wildman–Crippen LogP) is 1.26. The van der Waals surface area contributed by atoms with Gasteiger partial charge in [-0.2, -0.15) is 5.10 Å². The molecule has 9 nitrogen and oxygen atoms in total. The highest BCUT2D eigenvalue weighted by Crippen LogP contribution is 2.20. The summed E-state index contributed by atoms with van der Waals surface area (Å²) in [5, 5.41) is 9.09. The van der Waals surface area contributed by atoms with Crippen LogP contribution in [0.15, 0.2) is 24.4 Å². The van der Waals surface area contributed by atoms with Crippen LogP contribution in [-0.2, 0) is 16.0 Å². The first-order valence-corrected chi connectivity index (χ1v) is 9.73. The van der Waals surface area contributed by atoms with Gasteiger partial charge in [-0.3, -0.25) is 14.4 Å². The van der Waals surface area contributed by atoms with Crippen molar-refractivity contribution in [2.45, 2.75) is 32.7 Å². The van der Waals surface area contributed by atoms with Gasteiger partial charge in [-0.15, -0.1) is 0 Å². The monoisotopic (exact) mass is 444 g/mol. The topological polar surface area (TPSA) is 131 Å². The maximum Gasteiger partial charge on any atom is 0.254 e. The van der Waals surface area contributed by atoms with E-state index in [1.54, 1.807) is 13.8 Å². The highest BCUT2D eigenvalue weighted by Gasteiger charge is 2.24. The zero-order chi connectivity index (χ0) is 23.6. The Kier molecular flexibility index (Phi) is 6.47. The van der Waals surface area contributed by atoms with Crippen molar-refractivity contribution in [2.24, 2.45) is 5.73 Å². The Morgan fingerprint density at radius 2 is 1.91 bits per heavy atom. The number of hydrogen-bond donors (Lipinski definition) is 3. The van der Waals surface area contributed by atoms with Crippen LogP contribution < -0.4 is 16.4 Å². The van der Waals surface area contributed by atoms with Crippen LogP contribution in [0.2, 0.25) is 0 Å². The largest absolute Gasteiger partial charge is 0.365 e. The van der Waals surface area contributed by atoms with Crippen LogP contribution in [0.25, 0.3) is 5.65 Å². The van der Waals surface area contributed by atoms with E-state index in [1.165, 1.54) is 23.8 Å². The minimum atomic E-state index is -1.19. The summed E-state index contributed by atoms with van der Waals surface area (Å²) in [5.41, 5.74) is 8.03. The number of halogens is 2. The van der Waals surface area contributed by atoms with Crippen molar-refractivity contribution in [3.63, 3.8) is 0 Å². The number of nitrogens with two attached hydrogens (primary N) is 1. The summed E-state index contributed by atoms with van der Waals surface area (Å²) >= 11 is 0. The van der Waals surface area contributed by atoms with Crippen LogP contribution in [0.3, 0.4) is 0 Å². The van der Waals surface area contributed by atoms with E-state index in [0.29, 0.717) is 17.0 Å². The van der Waals surface area contributed by atoms with E-state index in [2.05, 4.69) is 20.7 Å². The van der Waals surface area contributed by atoms with Crippen molar-refractivity contribution in [3.05, 3.63) is 64.1 Å². The van der Waals surface area contributed by atoms with Crippen LogP contribution in [0, 0.1) is 25.5 Å². The second-order valence-corrected chi connectivity index (χ2v) is 7.21. The summed E-state index contributed by atoms with van der Waals surface area (Å²) < 4.78 is 28.3. The second-order valence-electron chi connectivity index (χ2n) is 7.21. The summed E-state index contributed by atoms with van der Waals surface area (Å²) in [4.78, 5) is 40.7. The SMILES string of the molecule is CNC(=O)C(NC(=O)CCc1c(C)nc2c(C(N)=O)cnn2c1C)c1ccc(F)c(F)c1. The Morgan fingerprint density at radius 1 is 1.19 bits per heavy atom. The molecule has 3 rings (SSSR count). The number of benzene rings is 1. The minimum Gasteiger partial charge on any atom is -0.365 e. The molecule has 0 spiro atoms. The van der Waals surface area contributed by atoms with Crippen molar-refractivity contribution in [1.29, 1.82) is 0 Å². The third kappa shape index (κ3) is 4.41. The van der Waals surface area contributed by atoms with Crippen molar-refractivity contribution in [3.8, 4) is 0 Å². The Morgan fingerprint density at radius 3 is 2.53 bits per heavy atom. The van der Waals surface area contributed by atoms with E-state index in [9.17, 15) is 23.2 Å². The summed E-state index contributed by atoms with van der Waals surface area (Å²) in [7, 11) is 1.37. The molecule has 0 aliphatic rings. The molecule has 4 N–H and O–H groups in total. The first-order valence-electron chi connectivity index (χ1n) is 9.73. The lowest BCUT2D eigenvalue weighted by molar-refractivity contribution is -0.128. The summed E-state index contributed by atoms with van der Waals surface area (Å²) in [6, 6.07) is 1.81. The minimum absolute atomic E-state index is 0.00399. The number of likely N-dealkylation sites (N-methyl/N-ethyl adjacent to an activating group) is 1. The molecule has 1 aromatic carbocycles. The van der Waals surface area contributed by atoms with Gasteiger partial charge >= 0.3 is 0 Å². The number of nitrogens with one attached hydrogen (secondary N) is 2. The van der Waals surface area contributed by atoms with E-state index in [-0.39, 0.29) is 24.0 Å². The van der Waals surface area contributed by atoms with E-state index < -0.39 is 35.4 Å². The molecule has 0 aliphatic carbocycles. The van der Waals surface area contributed by atoms with Gasteiger partial charge in [-0.05, 0) is 43.5 Å². The lowest BCUT2D eigenvalue weighted by Gasteiger charge is -2.18. The highest BCUT2D eigenvalue weighted by atomic mass is 19.2. The first kappa shape index (κ1) is 22.8. The maximum absolute atomic E-state index is 13.6. The molecule has 0 aliphatic heterocycles. The fraction of sp³-hybridized carbons (Fsp3) is 0.286. The fourth-order valence-corrected chi connectivity index (χ4v) is 3.45. The lowest BCUT2D eigenvalue weighted by Crippen LogP contribution is -2.39. The fourth-order valence-electron chi connectivity index (χ4n) is 3.45. The number of amides is 3. The van der Waals surface area contributed by atoms with Gasteiger partial charge in [0, 0.05) is 24.9 Å². The molecule has 3 amide bonds. The average Bonchev–Trinajstić information content (AvgIpc) is 3.17. The Labute approximate surface area is 182 Å². The second kappa shape index (κ2) is 9.08. The number of aromatic nitrogens is 3. The van der Waals surface area contributed by atoms with Gasteiger partial charge < -0.3 is 16.4 Å². The van der Waals surface area contributed by atoms with Crippen LogP contribution in [-0.4, -0.2) is 39.4 Å². The number of rotatable bonds is 7. The Hall–Kier alpha value is -3.89. The van der Waals surface area contributed by atoms with Crippen LogP contribution in [0.1, 0.15) is 45.3 Å². The standard InChI is InChI=1S/C21H22F2N6O3/c1-10-13(11(2)29-20(27-10)14(9-26-29)19(24)31)5-7-17(30)28-18(21(32)25-3)12-4-6-15(22)16(23)8-12/h4,6,8-9,18H,5,7H2,1-3H3,(H2,24,31)(H,25,32)(H,28,30). The molecule has 0 fully saturated rings. The van der Waals surface area contributed by atoms with Crippen molar-refractivity contribution in [2.75, 3.05) is 7.05 Å². The number of hydrogen-bond acceptors (Lipinski definition) is 5. The zero-order valence-corrected chi connectivity index (χ0v) is 17.7. The van der Waals surface area contributed by atoms with Crippen molar-refractivity contribution in [1.82, 2.24) is 25.2 Å². The van der Waals surface area contributed by atoms with E-state index in [1.807, 2.05) is 0 Å². The van der Waals surface area contributed by atoms with Gasteiger partial charge in [0.15, 0.2) is 17.3 Å². The maximum atomic E-state index is 13.6. The molecule has 0 bridgehead atoms. The number of carbonyl (C=O) groups excluding carboxylic acids is 3. The molecule has 0 radical (unpaired) electrons. The number of nitrogens with zero attached hydrogens (tertiary/aromatic N) is 3. The van der Waals surface area contributed by atoms with E-state index >= 15 is 0 Å². The van der Waals surface area contributed by atoms with Gasteiger partial charge in [0.2, 0.25) is 11.8 Å². The lowest BCUT2D eigenvalue weighted by atomic mass is 10.0. The molecule has 2 aromatic heterocycles. The van der Waals surface area contributed by atoms with Crippen molar-refractivity contribution >= 4 is 23.4 Å². The molecule has 1 unspecified atom stereocenters. The normalized spacial score (nSPS) is 11.9. The quantitative estimate of drug-likeness (QED) is 0.505.